The van der Waals surface area contributed by atoms with E-state index < -0.39 is 0 Å². The summed E-state index contributed by atoms with van der Waals surface area (Å²) < 4.78 is 0. The lowest BCUT2D eigenvalue weighted by Crippen LogP contribution is -2.14. The minimum Gasteiger partial charge on any atom is -0.286 e. The summed E-state index contributed by atoms with van der Waals surface area (Å²) in [6.07, 6.45) is 3.33. The molecule has 1 rings (SSSR count). The van der Waals surface area contributed by atoms with Gasteiger partial charge in [-0.05, 0) is 11.8 Å². The fourth-order valence-electron chi connectivity index (χ4n) is 1.38. The van der Waals surface area contributed by atoms with Gasteiger partial charge in [0.15, 0.2) is 0 Å². The molecule has 0 N–H and O–H groups in total. The van der Waals surface area contributed by atoms with Crippen LogP contribution in [0.4, 0.5) is 0 Å². The van der Waals surface area contributed by atoms with Gasteiger partial charge >= 0.3 is 0 Å². The van der Waals surface area contributed by atoms with Crippen LogP contribution in [0.25, 0.3) is 0 Å². The van der Waals surface area contributed by atoms with Gasteiger partial charge in [0.25, 0.3) is 0 Å². The van der Waals surface area contributed by atoms with Gasteiger partial charge in [-0.2, -0.15) is 0 Å². The summed E-state index contributed by atoms with van der Waals surface area (Å²) in [7, 11) is 0. The van der Waals surface area contributed by atoms with E-state index in [9.17, 15) is 0 Å². The molecule has 1 nitrogen and oxygen atoms in total. The molecule has 2 atom stereocenters. The van der Waals surface area contributed by atoms with Gasteiger partial charge in [-0.15, -0.1) is 0 Å². The minimum absolute atomic E-state index is 0.606. The lowest BCUT2D eigenvalue weighted by molar-refractivity contribution is 0.375. The van der Waals surface area contributed by atoms with Gasteiger partial charge in [-0.1, -0.05) is 27.2 Å². The topological polar surface area (TPSA) is 12.4 Å². The Morgan fingerprint density at radius 2 is 2.11 bits per heavy atom. The van der Waals surface area contributed by atoms with Crippen molar-refractivity contribution >= 4 is 6.21 Å². The first-order valence-electron chi connectivity index (χ1n) is 3.79. The number of hydrogen-bond acceptors (Lipinski definition) is 1. The van der Waals surface area contributed by atoms with E-state index in [1.165, 1.54) is 6.42 Å². The summed E-state index contributed by atoms with van der Waals surface area (Å²) in [6, 6.07) is 0.606. The molecule has 1 heteroatoms. The molecule has 0 spiro atoms. The lowest BCUT2D eigenvalue weighted by atomic mass is 9.90. The largest absolute Gasteiger partial charge is 0.286 e. The van der Waals surface area contributed by atoms with Crippen molar-refractivity contribution in [2.45, 2.75) is 33.2 Å². The SMILES string of the molecule is CCC(C(C)C)C1C=N1. The Kier molecular flexibility index (Phi) is 1.89. The lowest BCUT2D eigenvalue weighted by Gasteiger charge is -2.15. The molecule has 0 aliphatic carbocycles. The van der Waals surface area contributed by atoms with Gasteiger partial charge in [0.05, 0.1) is 6.04 Å². The molecule has 0 aromatic heterocycles. The van der Waals surface area contributed by atoms with Crippen molar-refractivity contribution in [3.05, 3.63) is 0 Å². The molecule has 52 valence electrons. The molecular formula is C8H15N. The predicted molar refractivity (Wildman–Crippen MR) is 40.9 cm³/mol. The first kappa shape index (κ1) is 6.79. The van der Waals surface area contributed by atoms with Crippen molar-refractivity contribution in [1.82, 2.24) is 0 Å². The van der Waals surface area contributed by atoms with E-state index in [0.29, 0.717) is 6.04 Å². The highest BCUT2D eigenvalue weighted by atomic mass is 14.9. The molecule has 1 heterocycles. The van der Waals surface area contributed by atoms with Crippen LogP contribution < -0.4 is 0 Å². The first-order valence-corrected chi connectivity index (χ1v) is 3.79. The smallest absolute Gasteiger partial charge is 0.0873 e. The second-order valence-corrected chi connectivity index (χ2v) is 3.10. The van der Waals surface area contributed by atoms with Gasteiger partial charge in [-0.3, -0.25) is 4.99 Å². The maximum Gasteiger partial charge on any atom is 0.0873 e. The number of hydrogen-bond donors (Lipinski definition) is 0. The van der Waals surface area contributed by atoms with Crippen LogP contribution in [-0.4, -0.2) is 12.3 Å². The van der Waals surface area contributed by atoms with E-state index in [4.69, 9.17) is 0 Å². The Morgan fingerprint density at radius 1 is 1.56 bits per heavy atom. The molecule has 0 saturated heterocycles. The Morgan fingerprint density at radius 3 is 2.22 bits per heavy atom. The van der Waals surface area contributed by atoms with Crippen LogP contribution in [0.1, 0.15) is 27.2 Å². The molecule has 2 unspecified atom stereocenters. The summed E-state index contributed by atoms with van der Waals surface area (Å²) in [5, 5.41) is 0. The first-order chi connectivity index (χ1) is 4.25. The van der Waals surface area contributed by atoms with Crippen molar-refractivity contribution in [1.29, 1.82) is 0 Å². The quantitative estimate of drug-likeness (QED) is 0.548. The highest BCUT2D eigenvalue weighted by Gasteiger charge is 2.26. The van der Waals surface area contributed by atoms with Crippen LogP contribution in [0.3, 0.4) is 0 Å². The number of nitrogens with zero attached hydrogens (tertiary/aromatic N) is 1. The van der Waals surface area contributed by atoms with Crippen LogP contribution in [0.2, 0.25) is 0 Å². The third-order valence-electron chi connectivity index (χ3n) is 2.09. The molecule has 0 amide bonds. The zero-order valence-corrected chi connectivity index (χ0v) is 6.46. The Balaban J connectivity index is 2.29. The third kappa shape index (κ3) is 1.54. The second-order valence-electron chi connectivity index (χ2n) is 3.10. The molecule has 0 fully saturated rings. The van der Waals surface area contributed by atoms with E-state index in [1.54, 1.807) is 0 Å². The fraction of sp³-hybridized carbons (Fsp3) is 0.875. The summed E-state index contributed by atoms with van der Waals surface area (Å²) in [5.74, 6) is 1.60. The van der Waals surface area contributed by atoms with Crippen LogP contribution in [0.5, 0.6) is 0 Å². The van der Waals surface area contributed by atoms with Crippen molar-refractivity contribution in [3.63, 3.8) is 0 Å². The Labute approximate surface area is 57.2 Å². The minimum atomic E-state index is 0.606. The molecule has 0 radical (unpaired) electrons. The van der Waals surface area contributed by atoms with Gasteiger partial charge in [-0.25, -0.2) is 0 Å². The van der Waals surface area contributed by atoms with Gasteiger partial charge < -0.3 is 0 Å². The highest BCUT2D eigenvalue weighted by Crippen LogP contribution is 2.25. The maximum absolute atomic E-state index is 4.17. The maximum atomic E-state index is 4.17. The molecule has 0 aromatic carbocycles. The summed E-state index contributed by atoms with van der Waals surface area (Å²) in [4.78, 5) is 4.17. The third-order valence-corrected chi connectivity index (χ3v) is 2.09. The summed E-state index contributed by atoms with van der Waals surface area (Å²) in [5.41, 5.74) is 0. The standard InChI is InChI=1S/C8H15N/c1-4-7(6(2)3)8-5-9-8/h5-8H,4H2,1-3H3. The molecular weight excluding hydrogens is 110 g/mol. The van der Waals surface area contributed by atoms with E-state index in [-0.39, 0.29) is 0 Å². The molecule has 0 saturated carbocycles. The molecule has 9 heavy (non-hydrogen) atoms. The van der Waals surface area contributed by atoms with Crippen LogP contribution >= 0.6 is 0 Å². The van der Waals surface area contributed by atoms with E-state index >= 15 is 0 Å². The zero-order valence-electron chi connectivity index (χ0n) is 6.46. The van der Waals surface area contributed by atoms with E-state index in [0.717, 1.165) is 11.8 Å². The summed E-state index contributed by atoms with van der Waals surface area (Å²) in [6.45, 7) is 6.79. The van der Waals surface area contributed by atoms with Crippen LogP contribution in [0, 0.1) is 11.8 Å². The predicted octanol–water partition coefficient (Wildman–Crippen LogP) is 2.12. The average Bonchev–Trinajstić information content (AvgIpc) is 2.50. The fourth-order valence-corrected chi connectivity index (χ4v) is 1.38. The second kappa shape index (κ2) is 2.51. The molecule has 0 bridgehead atoms. The van der Waals surface area contributed by atoms with Gasteiger partial charge in [0.1, 0.15) is 0 Å². The van der Waals surface area contributed by atoms with Crippen molar-refractivity contribution in [2.75, 3.05) is 0 Å². The van der Waals surface area contributed by atoms with Gasteiger partial charge in [0.2, 0.25) is 0 Å². The van der Waals surface area contributed by atoms with Crippen LogP contribution in [-0.2, 0) is 0 Å². The Hall–Kier alpha value is -0.330. The zero-order chi connectivity index (χ0) is 6.85. The van der Waals surface area contributed by atoms with Crippen molar-refractivity contribution < 1.29 is 0 Å². The van der Waals surface area contributed by atoms with Gasteiger partial charge in [0, 0.05) is 6.21 Å². The highest BCUT2D eigenvalue weighted by molar-refractivity contribution is 5.78. The average molecular weight is 125 g/mol. The number of aliphatic imine (C=N–C) groups is 1. The molecule has 0 aromatic rings. The van der Waals surface area contributed by atoms with Crippen LogP contribution in [0.15, 0.2) is 4.99 Å². The van der Waals surface area contributed by atoms with Crippen molar-refractivity contribution in [2.24, 2.45) is 16.8 Å². The normalized spacial score (nSPS) is 26.9. The van der Waals surface area contributed by atoms with E-state index in [1.807, 2.05) is 0 Å². The molecule has 1 aliphatic heterocycles. The molecule has 1 aliphatic rings. The summed E-state index contributed by atoms with van der Waals surface area (Å²) >= 11 is 0. The number of rotatable bonds is 3. The monoisotopic (exact) mass is 125 g/mol. The van der Waals surface area contributed by atoms with E-state index in [2.05, 4.69) is 32.0 Å². The van der Waals surface area contributed by atoms with Crippen molar-refractivity contribution in [3.8, 4) is 0 Å². The Bertz CT molecular complexity index is 108.